The van der Waals surface area contributed by atoms with Crippen LogP contribution in [0.1, 0.15) is 10.4 Å². The standard InChI is InChI=1S/C9H5FN2O2S2/c10-6-2-4(1-5(3-6)8(13)14)7-11-12-9(15)16-7/h1-3H,(H,12,15)(H,13,14). The average molecular weight is 256 g/mol. The highest BCUT2D eigenvalue weighted by atomic mass is 32.1. The number of benzene rings is 1. The summed E-state index contributed by atoms with van der Waals surface area (Å²) in [5, 5.41) is 15.6. The monoisotopic (exact) mass is 256 g/mol. The van der Waals surface area contributed by atoms with Crippen LogP contribution >= 0.6 is 23.6 Å². The van der Waals surface area contributed by atoms with E-state index in [0.29, 0.717) is 14.5 Å². The second-order valence-corrected chi connectivity index (χ2v) is 4.62. The second kappa shape index (κ2) is 4.11. The minimum Gasteiger partial charge on any atom is -0.478 e. The lowest BCUT2D eigenvalue weighted by Gasteiger charge is -1.99. The van der Waals surface area contributed by atoms with E-state index in [4.69, 9.17) is 17.3 Å². The first kappa shape index (κ1) is 10.9. The van der Waals surface area contributed by atoms with E-state index in [9.17, 15) is 9.18 Å². The summed E-state index contributed by atoms with van der Waals surface area (Å²) in [5.74, 6) is -1.80. The Kier molecular flexibility index (Phi) is 2.80. The maximum Gasteiger partial charge on any atom is 0.335 e. The van der Waals surface area contributed by atoms with Crippen LogP contribution in [0.4, 0.5) is 4.39 Å². The summed E-state index contributed by atoms with van der Waals surface area (Å²) in [4.78, 5) is 10.7. The molecule has 0 fully saturated rings. The molecule has 82 valence electrons. The number of hydrogen-bond donors (Lipinski definition) is 2. The number of H-pyrrole nitrogens is 1. The maximum absolute atomic E-state index is 13.2. The van der Waals surface area contributed by atoms with E-state index in [0.717, 1.165) is 17.4 Å². The molecule has 0 aliphatic rings. The van der Waals surface area contributed by atoms with Crippen LogP contribution in [0.25, 0.3) is 10.6 Å². The number of carboxylic acids is 1. The largest absolute Gasteiger partial charge is 0.478 e. The van der Waals surface area contributed by atoms with E-state index in [1.807, 2.05) is 0 Å². The molecule has 1 aromatic heterocycles. The van der Waals surface area contributed by atoms with Crippen molar-refractivity contribution in [3.63, 3.8) is 0 Å². The van der Waals surface area contributed by atoms with E-state index in [1.165, 1.54) is 12.1 Å². The van der Waals surface area contributed by atoms with Crippen molar-refractivity contribution >= 4 is 29.5 Å². The minimum absolute atomic E-state index is 0.115. The molecule has 0 radical (unpaired) electrons. The number of hydrogen-bond acceptors (Lipinski definition) is 4. The number of carbonyl (C=O) groups is 1. The van der Waals surface area contributed by atoms with Crippen molar-refractivity contribution in [3.8, 4) is 10.6 Å². The number of aromatic amines is 1. The smallest absolute Gasteiger partial charge is 0.335 e. The fourth-order valence-corrected chi connectivity index (χ4v) is 2.07. The van der Waals surface area contributed by atoms with E-state index < -0.39 is 11.8 Å². The van der Waals surface area contributed by atoms with E-state index in [1.54, 1.807) is 0 Å². The topological polar surface area (TPSA) is 66.0 Å². The summed E-state index contributed by atoms with van der Waals surface area (Å²) in [6.45, 7) is 0. The molecule has 0 atom stereocenters. The molecule has 2 N–H and O–H groups in total. The van der Waals surface area contributed by atoms with Crippen LogP contribution in [0.2, 0.25) is 0 Å². The molecule has 0 unspecified atom stereocenters. The van der Waals surface area contributed by atoms with Crippen molar-refractivity contribution < 1.29 is 14.3 Å². The third-order valence-electron chi connectivity index (χ3n) is 1.83. The zero-order valence-corrected chi connectivity index (χ0v) is 9.36. The molecule has 0 aliphatic heterocycles. The minimum atomic E-state index is -1.18. The van der Waals surface area contributed by atoms with Gasteiger partial charge in [0.25, 0.3) is 0 Å². The number of aromatic nitrogens is 2. The molecule has 0 spiro atoms. The molecule has 0 amide bonds. The Morgan fingerprint density at radius 3 is 2.81 bits per heavy atom. The third-order valence-corrected chi connectivity index (χ3v) is 2.97. The summed E-state index contributed by atoms with van der Waals surface area (Å²) in [7, 11) is 0. The molecule has 1 aromatic carbocycles. The zero-order valence-electron chi connectivity index (χ0n) is 7.73. The van der Waals surface area contributed by atoms with Crippen molar-refractivity contribution in [2.24, 2.45) is 0 Å². The Morgan fingerprint density at radius 2 is 2.25 bits per heavy atom. The van der Waals surface area contributed by atoms with Crippen LogP contribution in [0.5, 0.6) is 0 Å². The van der Waals surface area contributed by atoms with Gasteiger partial charge >= 0.3 is 5.97 Å². The van der Waals surface area contributed by atoms with Crippen molar-refractivity contribution in [1.82, 2.24) is 10.2 Å². The summed E-state index contributed by atoms with van der Waals surface area (Å²) in [6, 6.07) is 3.53. The molecule has 0 saturated heterocycles. The summed E-state index contributed by atoms with van der Waals surface area (Å²) in [6.07, 6.45) is 0. The number of carboxylic acid groups (broad SMARTS) is 1. The van der Waals surface area contributed by atoms with Gasteiger partial charge in [-0.15, -0.1) is 0 Å². The molecule has 2 aromatic rings. The van der Waals surface area contributed by atoms with Gasteiger partial charge in [-0.3, -0.25) is 5.10 Å². The Hall–Kier alpha value is -1.60. The number of nitrogens with zero attached hydrogens (tertiary/aromatic N) is 1. The number of nitrogens with one attached hydrogen (secondary N) is 1. The Bertz CT molecular complexity index is 606. The number of aromatic carboxylic acids is 1. The first-order valence-corrected chi connectivity index (χ1v) is 5.38. The molecule has 0 bridgehead atoms. The number of rotatable bonds is 2. The molecule has 0 aliphatic carbocycles. The average Bonchev–Trinajstić information content (AvgIpc) is 2.64. The molecule has 0 saturated carbocycles. The highest BCUT2D eigenvalue weighted by molar-refractivity contribution is 7.73. The van der Waals surface area contributed by atoms with Gasteiger partial charge in [0.15, 0.2) is 3.95 Å². The lowest BCUT2D eigenvalue weighted by Crippen LogP contribution is -1.97. The molecule has 2 rings (SSSR count). The quantitative estimate of drug-likeness (QED) is 0.811. The van der Waals surface area contributed by atoms with E-state index >= 15 is 0 Å². The van der Waals surface area contributed by atoms with Gasteiger partial charge in [0, 0.05) is 5.56 Å². The highest BCUT2D eigenvalue weighted by Crippen LogP contribution is 2.23. The van der Waals surface area contributed by atoms with E-state index in [2.05, 4.69) is 10.2 Å². The second-order valence-electron chi connectivity index (χ2n) is 2.95. The lowest BCUT2D eigenvalue weighted by molar-refractivity contribution is 0.0696. The van der Waals surface area contributed by atoms with Crippen LogP contribution in [-0.2, 0) is 0 Å². The van der Waals surface area contributed by atoms with Crippen LogP contribution in [0, 0.1) is 9.77 Å². The van der Waals surface area contributed by atoms with Crippen LogP contribution in [0.15, 0.2) is 18.2 Å². The summed E-state index contributed by atoms with van der Waals surface area (Å²) >= 11 is 6.00. The predicted octanol–water partition coefficient (Wildman–Crippen LogP) is 2.70. The number of halogens is 1. The van der Waals surface area contributed by atoms with Crippen molar-refractivity contribution in [2.75, 3.05) is 0 Å². The zero-order chi connectivity index (χ0) is 11.7. The van der Waals surface area contributed by atoms with Gasteiger partial charge in [0.05, 0.1) is 5.56 Å². The molecular formula is C9H5FN2O2S2. The fourth-order valence-electron chi connectivity index (χ4n) is 1.19. The summed E-state index contributed by atoms with van der Waals surface area (Å²) < 4.78 is 13.6. The molecule has 16 heavy (non-hydrogen) atoms. The van der Waals surface area contributed by atoms with Gasteiger partial charge in [0.2, 0.25) is 0 Å². The fraction of sp³-hybridized carbons (Fsp3) is 0. The van der Waals surface area contributed by atoms with Gasteiger partial charge in [-0.25, -0.2) is 9.18 Å². The van der Waals surface area contributed by atoms with Crippen LogP contribution in [-0.4, -0.2) is 21.3 Å². The summed E-state index contributed by atoms with van der Waals surface area (Å²) in [5.41, 5.74) is 0.283. The first-order chi connectivity index (χ1) is 7.56. The van der Waals surface area contributed by atoms with Crippen molar-refractivity contribution in [2.45, 2.75) is 0 Å². The molecule has 7 heteroatoms. The van der Waals surface area contributed by atoms with Gasteiger partial charge in [-0.2, -0.15) is 5.10 Å². The van der Waals surface area contributed by atoms with Gasteiger partial charge in [-0.1, -0.05) is 11.3 Å². The van der Waals surface area contributed by atoms with Crippen molar-refractivity contribution in [3.05, 3.63) is 33.5 Å². The molecule has 1 heterocycles. The van der Waals surface area contributed by atoms with Gasteiger partial charge < -0.3 is 5.11 Å². The molecule has 4 nitrogen and oxygen atoms in total. The van der Waals surface area contributed by atoms with Crippen LogP contribution < -0.4 is 0 Å². The van der Waals surface area contributed by atoms with Gasteiger partial charge in [-0.05, 0) is 30.4 Å². The maximum atomic E-state index is 13.2. The Morgan fingerprint density at radius 1 is 1.50 bits per heavy atom. The van der Waals surface area contributed by atoms with Crippen LogP contribution in [0.3, 0.4) is 0 Å². The SMILES string of the molecule is O=C(O)c1cc(F)cc(-c2n[nH]c(=S)s2)c1. The normalized spacial score (nSPS) is 10.3. The predicted molar refractivity (Wildman–Crippen MR) is 59.7 cm³/mol. The highest BCUT2D eigenvalue weighted by Gasteiger charge is 2.10. The first-order valence-electron chi connectivity index (χ1n) is 4.16. The third kappa shape index (κ3) is 2.15. The van der Waals surface area contributed by atoms with E-state index in [-0.39, 0.29) is 5.56 Å². The van der Waals surface area contributed by atoms with Gasteiger partial charge in [0.1, 0.15) is 10.8 Å². The Labute approximate surface area is 98.4 Å². The Balaban J connectivity index is 2.57. The lowest BCUT2D eigenvalue weighted by atomic mass is 10.1. The molecular weight excluding hydrogens is 251 g/mol. The van der Waals surface area contributed by atoms with Crippen molar-refractivity contribution in [1.29, 1.82) is 0 Å².